The van der Waals surface area contributed by atoms with Gasteiger partial charge in [0.05, 0.1) is 11.5 Å². The van der Waals surface area contributed by atoms with Crippen molar-refractivity contribution in [3.63, 3.8) is 0 Å². The van der Waals surface area contributed by atoms with Crippen LogP contribution in [-0.4, -0.2) is 11.0 Å². The number of non-ortho nitro benzene ring substituents is 1. The molecule has 0 aliphatic heterocycles. The summed E-state index contributed by atoms with van der Waals surface area (Å²) in [4.78, 5) is 10.1. The number of benzene rings is 1. The van der Waals surface area contributed by atoms with Gasteiger partial charge in [-0.15, -0.1) is 6.42 Å². The molecule has 0 heterocycles. The average molecular weight is 273 g/mol. The molecule has 0 N–H and O–H groups in total. The van der Waals surface area contributed by atoms with Gasteiger partial charge in [0.1, 0.15) is 6.10 Å². The molecule has 4 heteroatoms. The van der Waals surface area contributed by atoms with Gasteiger partial charge in [-0.25, -0.2) is 0 Å². The lowest BCUT2D eigenvalue weighted by Crippen LogP contribution is -2.13. The van der Waals surface area contributed by atoms with Gasteiger partial charge in [0.15, 0.2) is 0 Å². The Hall–Kier alpha value is -2.12. The molecule has 4 nitrogen and oxygen atoms in total. The van der Waals surface area contributed by atoms with Gasteiger partial charge in [-0.2, -0.15) is 0 Å². The van der Waals surface area contributed by atoms with Gasteiger partial charge in [-0.3, -0.25) is 10.1 Å². The fraction of sp³-hybridized carbons (Fsp3) is 0.375. The van der Waals surface area contributed by atoms with Gasteiger partial charge < -0.3 is 4.74 Å². The van der Waals surface area contributed by atoms with Crippen molar-refractivity contribution in [2.75, 3.05) is 0 Å². The molecule has 20 heavy (non-hydrogen) atoms. The molecule has 0 fully saturated rings. The van der Waals surface area contributed by atoms with Crippen LogP contribution in [0.15, 0.2) is 36.4 Å². The summed E-state index contributed by atoms with van der Waals surface area (Å²) < 4.78 is 5.63. The molecule has 1 aromatic rings. The highest BCUT2D eigenvalue weighted by molar-refractivity contribution is 5.32. The van der Waals surface area contributed by atoms with E-state index in [4.69, 9.17) is 11.2 Å². The normalized spacial score (nSPS) is 11.9. The number of nitro groups is 1. The second-order valence-corrected chi connectivity index (χ2v) is 4.91. The standard InChI is InChI=1S/C16H19NO3/c1-5-16(10-13(4)12(2)3)20-11-14-6-8-15(9-7-14)17(18)19/h1,6-9,12,16H,4,10-11H2,2-3H3. The van der Waals surface area contributed by atoms with Crippen molar-refractivity contribution in [3.8, 4) is 12.3 Å². The van der Waals surface area contributed by atoms with Crippen molar-refractivity contribution >= 4 is 5.69 Å². The van der Waals surface area contributed by atoms with Crippen molar-refractivity contribution in [3.05, 3.63) is 52.1 Å². The minimum Gasteiger partial charge on any atom is -0.361 e. The molecule has 1 aromatic carbocycles. The van der Waals surface area contributed by atoms with Crippen molar-refractivity contribution in [2.24, 2.45) is 5.92 Å². The molecule has 0 radical (unpaired) electrons. The second-order valence-electron chi connectivity index (χ2n) is 4.91. The fourth-order valence-corrected chi connectivity index (χ4v) is 1.55. The zero-order valence-corrected chi connectivity index (χ0v) is 11.8. The van der Waals surface area contributed by atoms with E-state index < -0.39 is 4.92 Å². The van der Waals surface area contributed by atoms with Crippen LogP contribution in [0.5, 0.6) is 0 Å². The molecule has 0 bridgehead atoms. The third-order valence-corrected chi connectivity index (χ3v) is 3.05. The van der Waals surface area contributed by atoms with E-state index >= 15 is 0 Å². The fourth-order valence-electron chi connectivity index (χ4n) is 1.55. The van der Waals surface area contributed by atoms with Gasteiger partial charge in [-0.05, 0) is 23.6 Å². The van der Waals surface area contributed by atoms with Crippen LogP contribution < -0.4 is 0 Å². The van der Waals surface area contributed by atoms with Crippen LogP contribution in [0.2, 0.25) is 0 Å². The number of rotatable bonds is 7. The molecule has 0 spiro atoms. The van der Waals surface area contributed by atoms with E-state index in [9.17, 15) is 10.1 Å². The maximum atomic E-state index is 10.5. The summed E-state index contributed by atoms with van der Waals surface area (Å²) in [6, 6.07) is 6.25. The third kappa shape index (κ3) is 4.87. The molecule has 0 saturated heterocycles. The molecule has 0 aliphatic carbocycles. The SMILES string of the molecule is C#CC(CC(=C)C(C)C)OCc1ccc([N+](=O)[O-])cc1. The predicted octanol–water partition coefficient (Wildman–Crippen LogP) is 3.72. The topological polar surface area (TPSA) is 52.4 Å². The van der Waals surface area contributed by atoms with Crippen LogP contribution in [0.3, 0.4) is 0 Å². The Morgan fingerprint density at radius 1 is 1.45 bits per heavy atom. The number of nitrogens with zero attached hydrogens (tertiary/aromatic N) is 1. The highest BCUT2D eigenvalue weighted by atomic mass is 16.6. The lowest BCUT2D eigenvalue weighted by molar-refractivity contribution is -0.384. The summed E-state index contributed by atoms with van der Waals surface area (Å²) in [7, 11) is 0. The summed E-state index contributed by atoms with van der Waals surface area (Å²) in [5.41, 5.74) is 1.97. The van der Waals surface area contributed by atoms with Crippen molar-refractivity contribution in [1.29, 1.82) is 0 Å². The monoisotopic (exact) mass is 273 g/mol. The molecule has 0 aliphatic rings. The zero-order chi connectivity index (χ0) is 15.1. The molecule has 0 aromatic heterocycles. The first-order valence-corrected chi connectivity index (χ1v) is 6.42. The van der Waals surface area contributed by atoms with Crippen molar-refractivity contribution in [2.45, 2.75) is 33.0 Å². The summed E-state index contributed by atoms with van der Waals surface area (Å²) in [5, 5.41) is 10.5. The zero-order valence-electron chi connectivity index (χ0n) is 11.8. The minimum absolute atomic E-state index is 0.0652. The lowest BCUT2D eigenvalue weighted by atomic mass is 9.99. The highest BCUT2D eigenvalue weighted by Crippen LogP contribution is 2.17. The number of terminal acetylenes is 1. The van der Waals surface area contributed by atoms with E-state index in [0.717, 1.165) is 11.1 Å². The van der Waals surface area contributed by atoms with Gasteiger partial charge in [0, 0.05) is 18.6 Å². The Morgan fingerprint density at radius 2 is 2.05 bits per heavy atom. The van der Waals surface area contributed by atoms with Crippen LogP contribution in [0.1, 0.15) is 25.8 Å². The first-order valence-electron chi connectivity index (χ1n) is 6.42. The minimum atomic E-state index is -0.429. The molecular formula is C16H19NO3. The van der Waals surface area contributed by atoms with Gasteiger partial charge in [0.25, 0.3) is 5.69 Å². The van der Waals surface area contributed by atoms with Crippen molar-refractivity contribution < 1.29 is 9.66 Å². The quantitative estimate of drug-likeness (QED) is 0.329. The van der Waals surface area contributed by atoms with Gasteiger partial charge >= 0.3 is 0 Å². The molecule has 0 saturated carbocycles. The lowest BCUT2D eigenvalue weighted by Gasteiger charge is -2.16. The predicted molar refractivity (Wildman–Crippen MR) is 79.1 cm³/mol. The molecule has 1 unspecified atom stereocenters. The van der Waals surface area contributed by atoms with Crippen molar-refractivity contribution in [1.82, 2.24) is 0 Å². The highest BCUT2D eigenvalue weighted by Gasteiger charge is 2.11. The van der Waals surface area contributed by atoms with Gasteiger partial charge in [-0.1, -0.05) is 31.9 Å². The summed E-state index contributed by atoms with van der Waals surface area (Å²) in [6.45, 7) is 8.43. The third-order valence-electron chi connectivity index (χ3n) is 3.05. The Bertz CT molecular complexity index is 512. The average Bonchev–Trinajstić information content (AvgIpc) is 2.43. The largest absolute Gasteiger partial charge is 0.361 e. The van der Waals surface area contributed by atoms with E-state index in [0.29, 0.717) is 18.9 Å². The molecule has 1 atom stereocenters. The summed E-state index contributed by atoms with van der Waals surface area (Å²) >= 11 is 0. The second kappa shape index (κ2) is 7.46. The van der Waals surface area contributed by atoms with E-state index in [1.165, 1.54) is 12.1 Å². The Morgan fingerprint density at radius 3 is 2.50 bits per heavy atom. The molecule has 0 amide bonds. The number of hydrogen-bond acceptors (Lipinski definition) is 3. The Labute approximate surface area is 119 Å². The summed E-state index contributed by atoms with van der Waals surface area (Å²) in [5.74, 6) is 2.97. The Balaban J connectivity index is 2.54. The molecule has 106 valence electrons. The first kappa shape index (κ1) is 15.9. The first-order chi connectivity index (χ1) is 9.43. The van der Waals surface area contributed by atoms with Crippen LogP contribution in [-0.2, 0) is 11.3 Å². The maximum absolute atomic E-state index is 10.5. The summed E-state index contributed by atoms with van der Waals surface area (Å²) in [6.07, 6.45) is 5.75. The van der Waals surface area contributed by atoms with Crippen LogP contribution in [0, 0.1) is 28.4 Å². The van der Waals surface area contributed by atoms with E-state index in [1.807, 2.05) is 0 Å². The number of nitro benzene ring substituents is 1. The number of ether oxygens (including phenoxy) is 1. The van der Waals surface area contributed by atoms with E-state index in [2.05, 4.69) is 26.3 Å². The van der Waals surface area contributed by atoms with Crippen LogP contribution >= 0.6 is 0 Å². The van der Waals surface area contributed by atoms with E-state index in [-0.39, 0.29) is 11.8 Å². The number of hydrogen-bond donors (Lipinski definition) is 0. The van der Waals surface area contributed by atoms with Crippen LogP contribution in [0.25, 0.3) is 0 Å². The maximum Gasteiger partial charge on any atom is 0.269 e. The van der Waals surface area contributed by atoms with Crippen LogP contribution in [0.4, 0.5) is 5.69 Å². The smallest absolute Gasteiger partial charge is 0.269 e. The molecular weight excluding hydrogens is 254 g/mol. The Kier molecular flexibility index (Phi) is 5.95. The van der Waals surface area contributed by atoms with Gasteiger partial charge in [0.2, 0.25) is 0 Å². The molecule has 1 rings (SSSR count). The van der Waals surface area contributed by atoms with E-state index in [1.54, 1.807) is 12.1 Å².